The van der Waals surface area contributed by atoms with E-state index in [2.05, 4.69) is 6.92 Å². The monoisotopic (exact) mass is 218 g/mol. The smallest absolute Gasteiger partial charge is 0.309 e. The molecule has 0 radical (unpaired) electrons. The van der Waals surface area contributed by atoms with Crippen molar-refractivity contribution < 1.29 is 9.90 Å². The second kappa shape index (κ2) is 7.16. The molecule has 0 spiro atoms. The molecule has 0 amide bonds. The van der Waals surface area contributed by atoms with Gasteiger partial charge in [-0.1, -0.05) is 19.8 Å². The lowest BCUT2D eigenvalue weighted by atomic mass is 9.91. The molecule has 0 heterocycles. The van der Waals surface area contributed by atoms with Crippen LogP contribution in [0.4, 0.5) is 0 Å². The zero-order chi connectivity index (χ0) is 11.0. The number of hydrogen-bond acceptors (Lipinski definition) is 2. The minimum Gasteiger partial charge on any atom is -0.481 e. The first-order valence-corrected chi connectivity index (χ1v) is 6.47. The molecule has 0 saturated carbocycles. The summed E-state index contributed by atoms with van der Waals surface area (Å²) in [5, 5.41) is 8.87. The highest BCUT2D eigenvalue weighted by molar-refractivity contribution is 7.99. The van der Waals surface area contributed by atoms with Crippen LogP contribution in [0.5, 0.6) is 0 Å². The topological polar surface area (TPSA) is 37.3 Å². The Kier molecular flexibility index (Phi) is 7.06. The fraction of sp³-hybridized carbons (Fsp3) is 0.909. The largest absolute Gasteiger partial charge is 0.481 e. The molecule has 3 heteroatoms. The predicted molar refractivity (Wildman–Crippen MR) is 62.9 cm³/mol. The summed E-state index contributed by atoms with van der Waals surface area (Å²) in [6.45, 7) is 5.78. The third-order valence-electron chi connectivity index (χ3n) is 2.34. The van der Waals surface area contributed by atoms with Crippen LogP contribution in [-0.4, -0.2) is 22.6 Å². The molecule has 0 aromatic heterocycles. The second-order valence-corrected chi connectivity index (χ2v) is 5.48. The Hall–Kier alpha value is -0.180. The second-order valence-electron chi connectivity index (χ2n) is 4.26. The summed E-state index contributed by atoms with van der Waals surface area (Å²) in [5.74, 6) is 1.44. The van der Waals surface area contributed by atoms with Gasteiger partial charge in [-0.25, -0.2) is 0 Å². The standard InChI is InChI=1S/C11H22O2S/c1-4-5-6-8-14-9-7-11(2,3)10(12)13/h4-9H2,1-3H3,(H,12,13). The Morgan fingerprint density at radius 2 is 1.93 bits per heavy atom. The third-order valence-corrected chi connectivity index (χ3v) is 3.41. The molecule has 0 aromatic rings. The molecule has 0 bridgehead atoms. The lowest BCUT2D eigenvalue weighted by Gasteiger charge is -2.18. The highest BCUT2D eigenvalue weighted by atomic mass is 32.2. The Morgan fingerprint density at radius 3 is 2.43 bits per heavy atom. The van der Waals surface area contributed by atoms with Crippen LogP contribution in [0.1, 0.15) is 46.5 Å². The Balaban J connectivity index is 3.40. The van der Waals surface area contributed by atoms with Gasteiger partial charge in [0.1, 0.15) is 0 Å². The molecule has 0 atom stereocenters. The van der Waals surface area contributed by atoms with Crippen LogP contribution >= 0.6 is 11.8 Å². The molecule has 0 aliphatic rings. The van der Waals surface area contributed by atoms with Gasteiger partial charge in [-0.2, -0.15) is 11.8 Å². The zero-order valence-electron chi connectivity index (χ0n) is 9.51. The molecule has 0 aliphatic carbocycles. The summed E-state index contributed by atoms with van der Waals surface area (Å²) in [5.41, 5.74) is -0.558. The SMILES string of the molecule is CCCCCSCCC(C)(C)C(=O)O. The Bertz CT molecular complexity index is 167. The van der Waals surface area contributed by atoms with Crippen molar-refractivity contribution in [3.63, 3.8) is 0 Å². The fourth-order valence-electron chi connectivity index (χ4n) is 0.990. The number of hydrogen-bond donors (Lipinski definition) is 1. The molecule has 1 N–H and O–H groups in total. The number of carbonyl (C=O) groups is 1. The summed E-state index contributed by atoms with van der Waals surface area (Å²) in [6.07, 6.45) is 4.56. The number of carboxylic acids is 1. The van der Waals surface area contributed by atoms with Crippen molar-refractivity contribution in [2.45, 2.75) is 46.5 Å². The van der Waals surface area contributed by atoms with Crippen LogP contribution in [0.15, 0.2) is 0 Å². The first kappa shape index (κ1) is 13.8. The fourth-order valence-corrected chi connectivity index (χ4v) is 2.26. The van der Waals surface area contributed by atoms with Crippen LogP contribution in [0.3, 0.4) is 0 Å². The average Bonchev–Trinajstić information content (AvgIpc) is 2.10. The maximum atomic E-state index is 10.8. The number of thioether (sulfide) groups is 1. The normalized spacial score (nSPS) is 11.6. The molecular formula is C11H22O2S. The van der Waals surface area contributed by atoms with Crippen LogP contribution < -0.4 is 0 Å². The minimum absolute atomic E-state index is 0.558. The van der Waals surface area contributed by atoms with Crippen LogP contribution in [-0.2, 0) is 4.79 Å². The van der Waals surface area contributed by atoms with Crippen molar-refractivity contribution in [1.82, 2.24) is 0 Å². The van der Waals surface area contributed by atoms with Gasteiger partial charge in [0.2, 0.25) is 0 Å². The van der Waals surface area contributed by atoms with Gasteiger partial charge in [0.05, 0.1) is 5.41 Å². The van der Waals surface area contributed by atoms with Crippen molar-refractivity contribution in [3.05, 3.63) is 0 Å². The van der Waals surface area contributed by atoms with E-state index in [4.69, 9.17) is 5.11 Å². The highest BCUT2D eigenvalue weighted by Gasteiger charge is 2.25. The highest BCUT2D eigenvalue weighted by Crippen LogP contribution is 2.23. The van der Waals surface area contributed by atoms with Gasteiger partial charge in [0.25, 0.3) is 0 Å². The van der Waals surface area contributed by atoms with Crippen molar-refractivity contribution in [1.29, 1.82) is 0 Å². The summed E-state index contributed by atoms with van der Waals surface area (Å²) in [6, 6.07) is 0. The molecule has 0 unspecified atom stereocenters. The van der Waals surface area contributed by atoms with Crippen LogP contribution in [0.25, 0.3) is 0 Å². The summed E-state index contributed by atoms with van der Waals surface area (Å²) < 4.78 is 0. The van der Waals surface area contributed by atoms with E-state index in [-0.39, 0.29) is 0 Å². The summed E-state index contributed by atoms with van der Waals surface area (Å²) in [4.78, 5) is 10.8. The predicted octanol–water partition coefficient (Wildman–Crippen LogP) is 3.41. The number of carboxylic acid groups (broad SMARTS) is 1. The first-order valence-electron chi connectivity index (χ1n) is 5.32. The molecule has 2 nitrogen and oxygen atoms in total. The van der Waals surface area contributed by atoms with E-state index in [1.807, 2.05) is 11.8 Å². The quantitative estimate of drug-likeness (QED) is 0.634. The Labute approximate surface area is 91.5 Å². The van der Waals surface area contributed by atoms with Gasteiger partial charge in [-0.3, -0.25) is 4.79 Å². The number of rotatable bonds is 8. The minimum atomic E-state index is -0.688. The van der Waals surface area contributed by atoms with E-state index in [1.54, 1.807) is 13.8 Å². The van der Waals surface area contributed by atoms with Crippen molar-refractivity contribution >= 4 is 17.7 Å². The van der Waals surface area contributed by atoms with E-state index >= 15 is 0 Å². The first-order chi connectivity index (χ1) is 6.50. The average molecular weight is 218 g/mol. The van der Waals surface area contributed by atoms with Crippen molar-refractivity contribution in [2.24, 2.45) is 5.41 Å². The molecule has 0 rings (SSSR count). The molecule has 0 aromatic carbocycles. The van der Waals surface area contributed by atoms with Crippen molar-refractivity contribution in [3.8, 4) is 0 Å². The van der Waals surface area contributed by atoms with Crippen LogP contribution in [0.2, 0.25) is 0 Å². The van der Waals surface area contributed by atoms with E-state index in [9.17, 15) is 4.79 Å². The molecule has 84 valence electrons. The van der Waals surface area contributed by atoms with Gasteiger partial charge >= 0.3 is 5.97 Å². The molecular weight excluding hydrogens is 196 g/mol. The Morgan fingerprint density at radius 1 is 1.29 bits per heavy atom. The van der Waals surface area contributed by atoms with E-state index in [1.165, 1.54) is 25.0 Å². The lowest BCUT2D eigenvalue weighted by Crippen LogP contribution is -2.24. The summed E-state index contributed by atoms with van der Waals surface area (Å²) in [7, 11) is 0. The van der Waals surface area contributed by atoms with E-state index in [0.29, 0.717) is 0 Å². The van der Waals surface area contributed by atoms with Gasteiger partial charge in [-0.15, -0.1) is 0 Å². The van der Waals surface area contributed by atoms with Gasteiger partial charge in [0.15, 0.2) is 0 Å². The molecule has 0 saturated heterocycles. The lowest BCUT2D eigenvalue weighted by molar-refractivity contribution is -0.146. The molecule has 0 fully saturated rings. The van der Waals surface area contributed by atoms with Gasteiger partial charge in [-0.05, 0) is 38.2 Å². The third kappa shape index (κ3) is 6.30. The number of aliphatic carboxylic acids is 1. The maximum Gasteiger partial charge on any atom is 0.309 e. The number of unbranched alkanes of at least 4 members (excludes halogenated alkanes) is 2. The maximum absolute atomic E-state index is 10.8. The van der Waals surface area contributed by atoms with Gasteiger partial charge in [0, 0.05) is 0 Å². The van der Waals surface area contributed by atoms with Crippen LogP contribution in [0, 0.1) is 5.41 Å². The zero-order valence-corrected chi connectivity index (χ0v) is 10.3. The summed E-state index contributed by atoms with van der Waals surface area (Å²) >= 11 is 1.87. The van der Waals surface area contributed by atoms with E-state index in [0.717, 1.165) is 12.2 Å². The molecule has 14 heavy (non-hydrogen) atoms. The molecule has 0 aliphatic heterocycles. The van der Waals surface area contributed by atoms with Gasteiger partial charge < -0.3 is 5.11 Å². The van der Waals surface area contributed by atoms with E-state index < -0.39 is 11.4 Å². The van der Waals surface area contributed by atoms with Crippen molar-refractivity contribution in [2.75, 3.05) is 11.5 Å².